The van der Waals surface area contributed by atoms with Crippen LogP contribution in [0.15, 0.2) is 18.2 Å². The van der Waals surface area contributed by atoms with Gasteiger partial charge in [-0.15, -0.1) is 0 Å². The predicted molar refractivity (Wildman–Crippen MR) is 85.5 cm³/mol. The van der Waals surface area contributed by atoms with Crippen LogP contribution in [0.4, 0.5) is 0 Å². The van der Waals surface area contributed by atoms with Gasteiger partial charge in [0.2, 0.25) is 0 Å². The first-order chi connectivity index (χ1) is 9.70. The number of nitrogens with one attached hydrogen (secondary N) is 1. The summed E-state index contributed by atoms with van der Waals surface area (Å²) in [6.07, 6.45) is 6.47. The van der Waals surface area contributed by atoms with E-state index in [1.54, 1.807) is 0 Å². The molecular formula is C18H29NO. The average Bonchev–Trinajstić information content (AvgIpc) is 2.88. The molecule has 2 heteroatoms. The average molecular weight is 275 g/mol. The van der Waals surface area contributed by atoms with Crippen LogP contribution in [-0.4, -0.2) is 19.2 Å². The van der Waals surface area contributed by atoms with Crippen LogP contribution >= 0.6 is 0 Å². The van der Waals surface area contributed by atoms with Gasteiger partial charge in [-0.05, 0) is 75.3 Å². The van der Waals surface area contributed by atoms with Crippen LogP contribution in [-0.2, 0) is 0 Å². The molecule has 0 aliphatic heterocycles. The second-order valence-corrected chi connectivity index (χ2v) is 6.13. The predicted octanol–water partition coefficient (Wildman–Crippen LogP) is 4.24. The van der Waals surface area contributed by atoms with Gasteiger partial charge in [0, 0.05) is 6.04 Å². The normalized spacial score (nSPS) is 22.1. The lowest BCUT2D eigenvalue weighted by Gasteiger charge is -2.21. The van der Waals surface area contributed by atoms with E-state index in [1.807, 2.05) is 0 Å². The summed E-state index contributed by atoms with van der Waals surface area (Å²) in [7, 11) is 0. The van der Waals surface area contributed by atoms with Gasteiger partial charge in [-0.3, -0.25) is 0 Å². The molecule has 20 heavy (non-hydrogen) atoms. The van der Waals surface area contributed by atoms with Crippen molar-refractivity contribution >= 4 is 0 Å². The minimum absolute atomic E-state index is 0.721. The summed E-state index contributed by atoms with van der Waals surface area (Å²) < 4.78 is 5.93. The Morgan fingerprint density at radius 1 is 1.20 bits per heavy atom. The Bertz CT molecular complexity index is 416. The molecule has 112 valence electrons. The number of hydrogen-bond donors (Lipinski definition) is 1. The second-order valence-electron chi connectivity index (χ2n) is 6.13. The highest BCUT2D eigenvalue weighted by Crippen LogP contribution is 2.28. The Labute approximate surface area is 123 Å². The molecule has 1 aromatic carbocycles. The maximum absolute atomic E-state index is 5.93. The number of rotatable bonds is 7. The molecule has 2 unspecified atom stereocenters. The van der Waals surface area contributed by atoms with Crippen molar-refractivity contribution in [2.24, 2.45) is 5.92 Å². The summed E-state index contributed by atoms with van der Waals surface area (Å²) in [5, 5.41) is 3.69. The second kappa shape index (κ2) is 7.68. The molecule has 1 N–H and O–H groups in total. The summed E-state index contributed by atoms with van der Waals surface area (Å²) in [6, 6.07) is 7.10. The largest absolute Gasteiger partial charge is 0.494 e. The fourth-order valence-electron chi connectivity index (χ4n) is 3.11. The number of hydrogen-bond acceptors (Lipinski definition) is 2. The van der Waals surface area contributed by atoms with Crippen molar-refractivity contribution in [3.63, 3.8) is 0 Å². The molecule has 2 rings (SSSR count). The monoisotopic (exact) mass is 275 g/mol. The van der Waals surface area contributed by atoms with Crippen LogP contribution in [0.25, 0.3) is 0 Å². The van der Waals surface area contributed by atoms with Crippen molar-refractivity contribution in [3.8, 4) is 5.75 Å². The van der Waals surface area contributed by atoms with Crippen LogP contribution in [0, 0.1) is 19.8 Å². The summed E-state index contributed by atoms with van der Waals surface area (Å²) in [6.45, 7) is 8.52. The number of ether oxygens (including phenoxy) is 1. The zero-order chi connectivity index (χ0) is 14.4. The third-order valence-corrected chi connectivity index (χ3v) is 4.55. The first-order valence-electron chi connectivity index (χ1n) is 8.14. The smallest absolute Gasteiger partial charge is 0.119 e. The first kappa shape index (κ1) is 15.4. The minimum atomic E-state index is 0.721. The van der Waals surface area contributed by atoms with Gasteiger partial charge < -0.3 is 10.1 Å². The highest BCUT2D eigenvalue weighted by molar-refractivity contribution is 5.33. The van der Waals surface area contributed by atoms with E-state index in [0.29, 0.717) is 0 Å². The van der Waals surface area contributed by atoms with E-state index in [1.165, 1.54) is 43.2 Å². The van der Waals surface area contributed by atoms with E-state index < -0.39 is 0 Å². The van der Waals surface area contributed by atoms with Crippen molar-refractivity contribution in [2.75, 3.05) is 13.2 Å². The minimum Gasteiger partial charge on any atom is -0.494 e. The Morgan fingerprint density at radius 3 is 2.80 bits per heavy atom. The highest BCUT2D eigenvalue weighted by atomic mass is 16.5. The van der Waals surface area contributed by atoms with Crippen molar-refractivity contribution in [3.05, 3.63) is 29.3 Å². The van der Waals surface area contributed by atoms with Gasteiger partial charge in [-0.2, -0.15) is 0 Å². The molecular weight excluding hydrogens is 246 g/mol. The molecule has 0 heterocycles. The fraction of sp³-hybridized carbons (Fsp3) is 0.667. The lowest BCUT2D eigenvalue weighted by atomic mass is 10.00. The number of benzene rings is 1. The Hall–Kier alpha value is -1.02. The molecule has 2 nitrogen and oxygen atoms in total. The third kappa shape index (κ3) is 4.24. The van der Waals surface area contributed by atoms with Gasteiger partial charge in [0.25, 0.3) is 0 Å². The van der Waals surface area contributed by atoms with Crippen LogP contribution in [0.2, 0.25) is 0 Å². The maximum Gasteiger partial charge on any atom is 0.119 e. The molecule has 1 saturated carbocycles. The fourth-order valence-corrected chi connectivity index (χ4v) is 3.11. The summed E-state index contributed by atoms with van der Waals surface area (Å²) in [5.41, 5.74) is 2.64. The van der Waals surface area contributed by atoms with Gasteiger partial charge in [-0.25, -0.2) is 0 Å². The highest BCUT2D eigenvalue weighted by Gasteiger charge is 2.26. The van der Waals surface area contributed by atoms with Gasteiger partial charge in [-0.1, -0.05) is 19.4 Å². The molecule has 0 aromatic heterocycles. The molecule has 1 aliphatic rings. The molecule has 1 aromatic rings. The summed E-state index contributed by atoms with van der Waals surface area (Å²) in [4.78, 5) is 0. The standard InChI is InChI=1S/C18H29NO/c1-4-11-19-18-7-5-6-16(18)10-12-20-17-9-8-14(2)15(3)13-17/h8-9,13,16,18-19H,4-7,10-12H2,1-3H3. The Morgan fingerprint density at radius 2 is 2.05 bits per heavy atom. The molecule has 0 radical (unpaired) electrons. The zero-order valence-electron chi connectivity index (χ0n) is 13.2. The van der Waals surface area contributed by atoms with E-state index in [0.717, 1.165) is 30.9 Å². The lowest BCUT2D eigenvalue weighted by molar-refractivity contribution is 0.260. The van der Waals surface area contributed by atoms with Gasteiger partial charge in [0.05, 0.1) is 6.61 Å². The molecule has 0 saturated heterocycles. The molecule has 0 amide bonds. The van der Waals surface area contributed by atoms with Crippen LogP contribution < -0.4 is 10.1 Å². The summed E-state index contributed by atoms with van der Waals surface area (Å²) in [5.74, 6) is 1.82. The number of aryl methyl sites for hydroxylation is 2. The van der Waals surface area contributed by atoms with Crippen LogP contribution in [0.5, 0.6) is 5.75 Å². The van der Waals surface area contributed by atoms with Crippen LogP contribution in [0.3, 0.4) is 0 Å². The zero-order valence-corrected chi connectivity index (χ0v) is 13.2. The molecule has 0 bridgehead atoms. The van der Waals surface area contributed by atoms with Crippen molar-refractivity contribution in [1.82, 2.24) is 5.32 Å². The van der Waals surface area contributed by atoms with Crippen molar-refractivity contribution in [2.45, 2.75) is 58.9 Å². The summed E-state index contributed by atoms with van der Waals surface area (Å²) >= 11 is 0. The van der Waals surface area contributed by atoms with Crippen molar-refractivity contribution < 1.29 is 4.74 Å². The molecule has 1 aliphatic carbocycles. The van der Waals surface area contributed by atoms with Crippen molar-refractivity contribution in [1.29, 1.82) is 0 Å². The van der Waals surface area contributed by atoms with E-state index in [2.05, 4.69) is 44.3 Å². The van der Waals surface area contributed by atoms with E-state index in [-0.39, 0.29) is 0 Å². The Kier molecular flexibility index (Phi) is 5.90. The van der Waals surface area contributed by atoms with Gasteiger partial charge >= 0.3 is 0 Å². The Balaban J connectivity index is 1.75. The first-order valence-corrected chi connectivity index (χ1v) is 8.14. The molecule has 2 atom stereocenters. The maximum atomic E-state index is 5.93. The van der Waals surface area contributed by atoms with E-state index in [4.69, 9.17) is 4.74 Å². The van der Waals surface area contributed by atoms with Crippen LogP contribution in [0.1, 0.15) is 50.2 Å². The molecule has 1 fully saturated rings. The lowest BCUT2D eigenvalue weighted by Crippen LogP contribution is -2.33. The van der Waals surface area contributed by atoms with Gasteiger partial charge in [0.15, 0.2) is 0 Å². The third-order valence-electron chi connectivity index (χ3n) is 4.55. The molecule has 0 spiro atoms. The SMILES string of the molecule is CCCNC1CCCC1CCOc1ccc(C)c(C)c1. The topological polar surface area (TPSA) is 21.3 Å². The van der Waals surface area contributed by atoms with Gasteiger partial charge in [0.1, 0.15) is 5.75 Å². The van der Waals surface area contributed by atoms with E-state index in [9.17, 15) is 0 Å². The quantitative estimate of drug-likeness (QED) is 0.803. The van der Waals surface area contributed by atoms with E-state index >= 15 is 0 Å².